The smallest absolute Gasteiger partial charge is 0.257 e. The van der Waals surface area contributed by atoms with Gasteiger partial charge in [-0.25, -0.2) is 0 Å². The highest BCUT2D eigenvalue weighted by Gasteiger charge is 2.11. The van der Waals surface area contributed by atoms with Crippen LogP contribution in [0.15, 0.2) is 45.3 Å². The summed E-state index contributed by atoms with van der Waals surface area (Å²) in [5.74, 6) is -0.227. The molecule has 19 heavy (non-hydrogen) atoms. The van der Waals surface area contributed by atoms with Gasteiger partial charge in [-0.15, -0.1) is 0 Å². The Balaban J connectivity index is 2.25. The van der Waals surface area contributed by atoms with E-state index in [1.807, 2.05) is 25.1 Å². The third-order valence-corrected chi connectivity index (χ3v) is 3.74. The lowest BCUT2D eigenvalue weighted by atomic mass is 10.2. The zero-order valence-electron chi connectivity index (χ0n) is 10.0. The van der Waals surface area contributed by atoms with Crippen LogP contribution in [0.5, 0.6) is 0 Å². The van der Waals surface area contributed by atoms with Crippen LogP contribution in [0, 0.1) is 6.92 Å². The van der Waals surface area contributed by atoms with Gasteiger partial charge in [0.05, 0.1) is 10.6 Å². The molecule has 0 aromatic heterocycles. The molecule has 0 radical (unpaired) electrons. The summed E-state index contributed by atoms with van der Waals surface area (Å²) in [5, 5.41) is 3.25. The number of carbonyl (C=O) groups is 1. The Bertz CT molecular complexity index is 623. The summed E-state index contributed by atoms with van der Waals surface area (Å²) in [6.45, 7) is 1.97. The Morgan fingerprint density at radius 1 is 1.11 bits per heavy atom. The van der Waals surface area contributed by atoms with E-state index in [-0.39, 0.29) is 5.91 Å². The number of halogens is 3. The number of benzene rings is 2. The first-order valence-corrected chi connectivity index (χ1v) is 7.46. The van der Waals surface area contributed by atoms with Gasteiger partial charge >= 0.3 is 0 Å². The molecule has 0 unspecified atom stereocenters. The molecule has 98 valence electrons. The Morgan fingerprint density at radius 3 is 2.47 bits per heavy atom. The van der Waals surface area contributed by atoms with Crippen LogP contribution in [0.4, 0.5) is 5.69 Å². The van der Waals surface area contributed by atoms with Crippen molar-refractivity contribution < 1.29 is 4.79 Å². The van der Waals surface area contributed by atoms with Crippen molar-refractivity contribution in [2.24, 2.45) is 0 Å². The van der Waals surface area contributed by atoms with E-state index in [1.54, 1.807) is 18.2 Å². The summed E-state index contributed by atoms with van der Waals surface area (Å²) < 4.78 is 1.76. The van der Waals surface area contributed by atoms with E-state index >= 15 is 0 Å². The summed E-state index contributed by atoms with van der Waals surface area (Å²) in [6, 6.07) is 10.9. The normalized spacial score (nSPS) is 10.3. The zero-order valence-corrected chi connectivity index (χ0v) is 13.9. The van der Waals surface area contributed by atoms with E-state index in [2.05, 4.69) is 37.2 Å². The fourth-order valence-electron chi connectivity index (χ4n) is 1.68. The summed E-state index contributed by atoms with van der Waals surface area (Å²) in [6.07, 6.45) is 0. The van der Waals surface area contributed by atoms with Gasteiger partial charge in [0.2, 0.25) is 0 Å². The van der Waals surface area contributed by atoms with Crippen molar-refractivity contribution in [3.05, 3.63) is 61.5 Å². The summed E-state index contributed by atoms with van der Waals surface area (Å²) in [5.41, 5.74) is 2.24. The van der Waals surface area contributed by atoms with E-state index < -0.39 is 0 Å². The van der Waals surface area contributed by atoms with E-state index in [1.165, 1.54) is 0 Å². The highest BCUT2D eigenvalue weighted by Crippen LogP contribution is 2.24. The van der Waals surface area contributed by atoms with Gasteiger partial charge in [0.15, 0.2) is 0 Å². The molecule has 0 aliphatic carbocycles. The molecule has 0 aliphatic rings. The van der Waals surface area contributed by atoms with Crippen molar-refractivity contribution in [1.29, 1.82) is 0 Å². The molecule has 0 heterocycles. The Kier molecular flexibility index (Phi) is 4.66. The molecule has 1 N–H and O–H groups in total. The number of hydrogen-bond acceptors (Lipinski definition) is 1. The van der Waals surface area contributed by atoms with Gasteiger partial charge in [-0.1, -0.05) is 43.5 Å². The minimum Gasteiger partial charge on any atom is -0.322 e. The second-order valence-corrected chi connectivity index (χ2v) is 6.33. The molecule has 2 aromatic rings. The fourth-order valence-corrected chi connectivity index (χ4v) is 3.05. The lowest BCUT2D eigenvalue weighted by molar-refractivity contribution is 0.102. The van der Waals surface area contributed by atoms with Gasteiger partial charge in [-0.2, -0.15) is 0 Å². The first-order chi connectivity index (χ1) is 8.95. The average Bonchev–Trinajstić information content (AvgIpc) is 2.26. The minimum atomic E-state index is -0.227. The Morgan fingerprint density at radius 2 is 1.84 bits per heavy atom. The number of aryl methyl sites for hydroxylation is 1. The van der Waals surface area contributed by atoms with Crippen LogP contribution < -0.4 is 5.32 Å². The zero-order chi connectivity index (χ0) is 14.0. The van der Waals surface area contributed by atoms with Crippen LogP contribution in [-0.4, -0.2) is 5.91 Å². The number of carbonyl (C=O) groups excluding carboxylic acids is 1. The highest BCUT2D eigenvalue weighted by atomic mass is 79.9. The first kappa shape index (κ1) is 14.6. The number of amides is 1. The largest absolute Gasteiger partial charge is 0.322 e. The molecule has 0 fully saturated rings. The molecular weight excluding hydrogens is 393 g/mol. The second-order valence-electron chi connectivity index (χ2n) is 4.10. The van der Waals surface area contributed by atoms with Crippen LogP contribution in [0.25, 0.3) is 0 Å². The Hall–Kier alpha value is -0.840. The molecule has 0 spiro atoms. The SMILES string of the molecule is Cc1cc(Br)cc(NC(=O)c2ccc(Br)cc2Cl)c1. The molecule has 2 nitrogen and oxygen atoms in total. The van der Waals surface area contributed by atoms with E-state index in [9.17, 15) is 4.79 Å². The maximum absolute atomic E-state index is 12.1. The van der Waals surface area contributed by atoms with Gasteiger partial charge in [0.25, 0.3) is 5.91 Å². The monoisotopic (exact) mass is 401 g/mol. The van der Waals surface area contributed by atoms with Crippen LogP contribution in [0.1, 0.15) is 15.9 Å². The maximum Gasteiger partial charge on any atom is 0.257 e. The van der Waals surface area contributed by atoms with Crippen molar-refractivity contribution in [2.75, 3.05) is 5.32 Å². The maximum atomic E-state index is 12.1. The third kappa shape index (κ3) is 3.81. The molecule has 0 saturated heterocycles. The van der Waals surface area contributed by atoms with Gasteiger partial charge in [0, 0.05) is 14.6 Å². The second kappa shape index (κ2) is 6.07. The first-order valence-electron chi connectivity index (χ1n) is 5.49. The molecule has 0 bridgehead atoms. The number of rotatable bonds is 2. The average molecular weight is 404 g/mol. The van der Waals surface area contributed by atoms with Crippen LogP contribution in [-0.2, 0) is 0 Å². The van der Waals surface area contributed by atoms with E-state index in [4.69, 9.17) is 11.6 Å². The predicted octanol–water partition coefficient (Wildman–Crippen LogP) is 5.43. The lowest BCUT2D eigenvalue weighted by Crippen LogP contribution is -2.12. The predicted molar refractivity (Wildman–Crippen MR) is 86.0 cm³/mol. The lowest BCUT2D eigenvalue weighted by Gasteiger charge is -2.08. The van der Waals surface area contributed by atoms with E-state index in [0.29, 0.717) is 10.6 Å². The number of hydrogen-bond donors (Lipinski definition) is 1. The topological polar surface area (TPSA) is 29.1 Å². The van der Waals surface area contributed by atoms with Gasteiger partial charge in [0.1, 0.15) is 0 Å². The molecule has 2 rings (SSSR count). The molecule has 5 heteroatoms. The van der Waals surface area contributed by atoms with Crippen LogP contribution >= 0.6 is 43.5 Å². The number of nitrogens with one attached hydrogen (secondary N) is 1. The fraction of sp³-hybridized carbons (Fsp3) is 0.0714. The molecule has 2 aromatic carbocycles. The molecule has 1 amide bonds. The summed E-state index contributed by atoms with van der Waals surface area (Å²) in [4.78, 5) is 12.1. The molecule has 0 saturated carbocycles. The van der Waals surface area contributed by atoms with Gasteiger partial charge in [-0.05, 0) is 48.9 Å². The van der Waals surface area contributed by atoms with Crippen molar-refractivity contribution >= 4 is 55.1 Å². The summed E-state index contributed by atoms with van der Waals surface area (Å²) >= 11 is 12.8. The van der Waals surface area contributed by atoms with Crippen molar-refractivity contribution in [3.63, 3.8) is 0 Å². The standard InChI is InChI=1S/C14H10Br2ClNO/c1-8-4-10(16)6-11(5-8)18-14(19)12-3-2-9(15)7-13(12)17/h2-7H,1H3,(H,18,19). The molecule has 0 aliphatic heterocycles. The number of anilines is 1. The summed E-state index contributed by atoms with van der Waals surface area (Å²) in [7, 11) is 0. The quantitative estimate of drug-likeness (QED) is 0.712. The highest BCUT2D eigenvalue weighted by molar-refractivity contribution is 9.10. The molecule has 0 atom stereocenters. The van der Waals surface area contributed by atoms with Gasteiger partial charge in [-0.3, -0.25) is 4.79 Å². The Labute approximate surface area is 133 Å². The van der Waals surface area contributed by atoms with Crippen LogP contribution in [0.3, 0.4) is 0 Å². The van der Waals surface area contributed by atoms with Gasteiger partial charge < -0.3 is 5.32 Å². The molecular formula is C14H10Br2ClNO. The van der Waals surface area contributed by atoms with Crippen molar-refractivity contribution in [3.8, 4) is 0 Å². The van der Waals surface area contributed by atoms with Crippen LogP contribution in [0.2, 0.25) is 5.02 Å². The third-order valence-electron chi connectivity index (χ3n) is 2.48. The van der Waals surface area contributed by atoms with Crippen molar-refractivity contribution in [2.45, 2.75) is 6.92 Å². The van der Waals surface area contributed by atoms with E-state index in [0.717, 1.165) is 20.2 Å². The minimum absolute atomic E-state index is 0.227. The van der Waals surface area contributed by atoms with Crippen molar-refractivity contribution in [1.82, 2.24) is 0 Å².